The number of halogens is 1. The molecule has 0 atom stereocenters. The van der Waals surface area contributed by atoms with Gasteiger partial charge in [0.05, 0.1) is 0 Å². The summed E-state index contributed by atoms with van der Waals surface area (Å²) < 4.78 is 11.7. The normalized spacial score (nSPS) is 11.1. The summed E-state index contributed by atoms with van der Waals surface area (Å²) >= 11 is 0. The summed E-state index contributed by atoms with van der Waals surface area (Å²) in [6.45, 7) is 3.16. The minimum Gasteiger partial charge on any atom is -0.478 e. The molecule has 0 fully saturated rings. The SMILES string of the molecule is C=C(CC=C(N)F)C(=O)O. The van der Waals surface area contributed by atoms with Gasteiger partial charge >= 0.3 is 5.97 Å². The summed E-state index contributed by atoms with van der Waals surface area (Å²) in [4.78, 5) is 10.0. The van der Waals surface area contributed by atoms with Crippen molar-refractivity contribution < 1.29 is 14.3 Å². The predicted molar refractivity (Wildman–Crippen MR) is 34.8 cm³/mol. The van der Waals surface area contributed by atoms with E-state index in [-0.39, 0.29) is 12.0 Å². The van der Waals surface area contributed by atoms with Crippen LogP contribution in [0.5, 0.6) is 0 Å². The van der Waals surface area contributed by atoms with Crippen molar-refractivity contribution in [1.82, 2.24) is 0 Å². The summed E-state index contributed by atoms with van der Waals surface area (Å²) in [6, 6.07) is 0. The molecular weight excluding hydrogens is 137 g/mol. The molecule has 10 heavy (non-hydrogen) atoms. The van der Waals surface area contributed by atoms with Crippen molar-refractivity contribution >= 4 is 5.97 Å². The Bertz CT molecular complexity index is 182. The zero-order valence-corrected chi connectivity index (χ0v) is 5.30. The van der Waals surface area contributed by atoms with Crippen molar-refractivity contribution in [2.75, 3.05) is 0 Å². The third-order valence-electron chi connectivity index (χ3n) is 0.846. The van der Waals surface area contributed by atoms with Gasteiger partial charge in [-0.05, 0) is 6.08 Å². The van der Waals surface area contributed by atoms with E-state index < -0.39 is 11.9 Å². The lowest BCUT2D eigenvalue weighted by Crippen LogP contribution is -1.98. The van der Waals surface area contributed by atoms with E-state index in [9.17, 15) is 9.18 Å². The van der Waals surface area contributed by atoms with Crippen molar-refractivity contribution in [3.63, 3.8) is 0 Å². The Morgan fingerprint density at radius 3 is 2.60 bits per heavy atom. The minimum absolute atomic E-state index is 0.0579. The molecule has 0 aliphatic carbocycles. The fourth-order valence-electron chi connectivity index (χ4n) is 0.308. The smallest absolute Gasteiger partial charge is 0.331 e. The Morgan fingerprint density at radius 2 is 2.30 bits per heavy atom. The maximum Gasteiger partial charge on any atom is 0.331 e. The van der Waals surface area contributed by atoms with Gasteiger partial charge in [0.15, 0.2) is 5.95 Å². The molecule has 0 bridgehead atoms. The van der Waals surface area contributed by atoms with Crippen molar-refractivity contribution in [3.05, 3.63) is 24.2 Å². The first-order chi connectivity index (χ1) is 4.54. The molecule has 0 aromatic heterocycles. The molecule has 0 radical (unpaired) electrons. The van der Waals surface area contributed by atoms with Gasteiger partial charge in [0.25, 0.3) is 0 Å². The molecule has 0 amide bonds. The fourth-order valence-corrected chi connectivity index (χ4v) is 0.308. The lowest BCUT2D eigenvalue weighted by Gasteiger charge is -1.91. The van der Waals surface area contributed by atoms with Crippen LogP contribution in [0.25, 0.3) is 0 Å². The molecule has 4 heteroatoms. The molecular formula is C6H8FNO2. The number of aliphatic carboxylic acids is 1. The molecule has 3 nitrogen and oxygen atoms in total. The summed E-state index contributed by atoms with van der Waals surface area (Å²) in [5, 5.41) is 8.20. The van der Waals surface area contributed by atoms with Gasteiger partial charge in [-0.1, -0.05) is 6.58 Å². The first kappa shape index (κ1) is 8.68. The topological polar surface area (TPSA) is 63.3 Å². The number of allylic oxidation sites excluding steroid dienone is 1. The predicted octanol–water partition coefficient (Wildman–Crippen LogP) is 0.787. The monoisotopic (exact) mass is 145 g/mol. The highest BCUT2D eigenvalue weighted by atomic mass is 19.1. The Balaban J connectivity index is 3.83. The van der Waals surface area contributed by atoms with Gasteiger partial charge in [-0.15, -0.1) is 0 Å². The quantitative estimate of drug-likeness (QED) is 0.455. The molecule has 0 spiro atoms. The second kappa shape index (κ2) is 3.66. The number of hydrogen-bond donors (Lipinski definition) is 2. The standard InChI is InChI=1S/C6H8FNO2/c1-4(6(9)10)2-3-5(7)8/h3H,1-2,8H2,(H,9,10). The van der Waals surface area contributed by atoms with Gasteiger partial charge in [0.1, 0.15) is 0 Å². The van der Waals surface area contributed by atoms with E-state index in [1.807, 2.05) is 0 Å². The second-order valence-electron chi connectivity index (χ2n) is 1.70. The molecule has 0 aromatic rings. The van der Waals surface area contributed by atoms with Gasteiger partial charge in [-0.3, -0.25) is 0 Å². The lowest BCUT2D eigenvalue weighted by atomic mass is 10.2. The minimum atomic E-state index is -1.14. The third-order valence-corrected chi connectivity index (χ3v) is 0.846. The Labute approximate surface area is 57.6 Å². The average molecular weight is 145 g/mol. The first-order valence-electron chi connectivity index (χ1n) is 2.56. The zero-order valence-electron chi connectivity index (χ0n) is 5.30. The van der Waals surface area contributed by atoms with Crippen LogP contribution in [0.3, 0.4) is 0 Å². The van der Waals surface area contributed by atoms with E-state index in [1.54, 1.807) is 0 Å². The van der Waals surface area contributed by atoms with Crippen LogP contribution in [-0.2, 0) is 4.79 Å². The zero-order chi connectivity index (χ0) is 8.15. The van der Waals surface area contributed by atoms with Gasteiger partial charge in [0.2, 0.25) is 0 Å². The molecule has 0 aliphatic heterocycles. The fraction of sp³-hybridized carbons (Fsp3) is 0.167. The number of hydrogen-bond acceptors (Lipinski definition) is 2. The van der Waals surface area contributed by atoms with Crippen molar-refractivity contribution in [3.8, 4) is 0 Å². The number of nitrogens with two attached hydrogens (primary N) is 1. The number of rotatable bonds is 3. The van der Waals surface area contributed by atoms with E-state index in [0.29, 0.717) is 0 Å². The molecule has 56 valence electrons. The Hall–Kier alpha value is -1.32. The first-order valence-corrected chi connectivity index (χ1v) is 2.56. The van der Waals surface area contributed by atoms with Crippen LogP contribution in [-0.4, -0.2) is 11.1 Å². The summed E-state index contributed by atoms with van der Waals surface area (Å²) in [5.74, 6) is -2.03. The van der Waals surface area contributed by atoms with Crippen LogP contribution < -0.4 is 5.73 Å². The molecule has 0 unspecified atom stereocenters. The molecule has 0 saturated carbocycles. The van der Waals surface area contributed by atoms with E-state index in [2.05, 4.69) is 12.3 Å². The number of carboxylic acids is 1. The molecule has 0 aromatic carbocycles. The number of carbonyl (C=O) groups is 1. The molecule has 3 N–H and O–H groups in total. The number of carboxylic acid groups (broad SMARTS) is 1. The van der Waals surface area contributed by atoms with E-state index >= 15 is 0 Å². The largest absolute Gasteiger partial charge is 0.478 e. The van der Waals surface area contributed by atoms with E-state index in [1.165, 1.54) is 0 Å². The highest BCUT2D eigenvalue weighted by Gasteiger charge is 2.00. The van der Waals surface area contributed by atoms with Crippen LogP contribution in [0.15, 0.2) is 24.2 Å². The maximum atomic E-state index is 11.7. The van der Waals surface area contributed by atoms with Gasteiger partial charge < -0.3 is 10.8 Å². The van der Waals surface area contributed by atoms with E-state index in [4.69, 9.17) is 5.11 Å². The molecule has 0 saturated heterocycles. The Morgan fingerprint density at radius 1 is 1.80 bits per heavy atom. The molecule has 0 rings (SSSR count). The van der Waals surface area contributed by atoms with Crippen molar-refractivity contribution in [2.24, 2.45) is 5.73 Å². The average Bonchev–Trinajstić information content (AvgIpc) is 1.82. The summed E-state index contributed by atoms with van der Waals surface area (Å²) in [5.41, 5.74) is 4.52. The molecule has 0 aliphatic rings. The highest BCUT2D eigenvalue weighted by molar-refractivity contribution is 5.86. The third kappa shape index (κ3) is 3.65. The van der Waals surface area contributed by atoms with Gasteiger partial charge in [-0.2, -0.15) is 4.39 Å². The van der Waals surface area contributed by atoms with Crippen molar-refractivity contribution in [2.45, 2.75) is 6.42 Å². The van der Waals surface area contributed by atoms with Crippen LogP contribution in [0.2, 0.25) is 0 Å². The molecule has 0 heterocycles. The van der Waals surface area contributed by atoms with Gasteiger partial charge in [0, 0.05) is 12.0 Å². The maximum absolute atomic E-state index is 11.7. The summed E-state index contributed by atoms with van der Waals surface area (Å²) in [7, 11) is 0. The van der Waals surface area contributed by atoms with Crippen LogP contribution >= 0.6 is 0 Å². The Kier molecular flexibility index (Phi) is 3.17. The van der Waals surface area contributed by atoms with Crippen LogP contribution in [0.1, 0.15) is 6.42 Å². The summed E-state index contributed by atoms with van der Waals surface area (Å²) in [6.07, 6.45) is 0.897. The second-order valence-corrected chi connectivity index (χ2v) is 1.70. The lowest BCUT2D eigenvalue weighted by molar-refractivity contribution is -0.132. The van der Waals surface area contributed by atoms with E-state index in [0.717, 1.165) is 6.08 Å². The van der Waals surface area contributed by atoms with Crippen molar-refractivity contribution in [1.29, 1.82) is 0 Å². The van der Waals surface area contributed by atoms with Gasteiger partial charge in [-0.25, -0.2) is 4.79 Å². The van der Waals surface area contributed by atoms with Crippen LogP contribution in [0, 0.1) is 0 Å². The van der Waals surface area contributed by atoms with Crippen LogP contribution in [0.4, 0.5) is 4.39 Å². The highest BCUT2D eigenvalue weighted by Crippen LogP contribution is 2.00.